The Morgan fingerprint density at radius 2 is 1.92 bits per heavy atom. The average Bonchev–Trinajstić information content (AvgIpc) is 2.64. The van der Waals surface area contributed by atoms with Crippen molar-refractivity contribution in [3.8, 4) is 11.8 Å². The number of rotatable bonds is 5. The lowest BCUT2D eigenvalue weighted by Gasteiger charge is -2.08. The normalized spacial score (nSPS) is 10.6. The number of unbranched alkanes of at least 4 members (excludes halogenated alkanes) is 4. The maximum absolute atomic E-state index is 12.3. The fraction of sp³-hybridized carbons (Fsp3) is 0.261. The van der Waals surface area contributed by atoms with E-state index >= 15 is 0 Å². The summed E-state index contributed by atoms with van der Waals surface area (Å²) in [5, 5.41) is 2.36. The van der Waals surface area contributed by atoms with Crippen molar-refractivity contribution in [3.05, 3.63) is 64.5 Å². The molecule has 0 saturated heterocycles. The standard InChI is InChI=1S/C23H22O2/c1-3-5-6-7-8-9-12-17-15-16-20-22(18(17)4-2)19-13-10-11-14-21(19)25-23(20)24/h4,10-11,13-16H,2-3,5-8H2,1H3. The van der Waals surface area contributed by atoms with Crippen LogP contribution in [0, 0.1) is 11.8 Å². The fourth-order valence-corrected chi connectivity index (χ4v) is 3.12. The molecule has 3 aromatic rings. The average molecular weight is 330 g/mol. The second-order valence-corrected chi connectivity index (χ2v) is 6.15. The zero-order valence-electron chi connectivity index (χ0n) is 14.6. The highest BCUT2D eigenvalue weighted by atomic mass is 16.4. The first-order valence-corrected chi connectivity index (χ1v) is 8.86. The van der Waals surface area contributed by atoms with E-state index < -0.39 is 0 Å². The van der Waals surface area contributed by atoms with Gasteiger partial charge in [0, 0.05) is 22.8 Å². The highest BCUT2D eigenvalue weighted by Crippen LogP contribution is 2.28. The lowest BCUT2D eigenvalue weighted by molar-refractivity contribution is 0.569. The van der Waals surface area contributed by atoms with Gasteiger partial charge in [0.05, 0.1) is 5.39 Å². The summed E-state index contributed by atoms with van der Waals surface area (Å²) in [6, 6.07) is 11.3. The van der Waals surface area contributed by atoms with E-state index in [0.29, 0.717) is 11.0 Å². The molecule has 2 heteroatoms. The van der Waals surface area contributed by atoms with Crippen molar-refractivity contribution in [2.24, 2.45) is 0 Å². The maximum atomic E-state index is 12.3. The summed E-state index contributed by atoms with van der Waals surface area (Å²) < 4.78 is 5.42. The van der Waals surface area contributed by atoms with Crippen LogP contribution in [-0.2, 0) is 0 Å². The minimum atomic E-state index is -0.323. The largest absolute Gasteiger partial charge is 0.422 e. The molecule has 0 fully saturated rings. The number of para-hydroxylation sites is 1. The summed E-state index contributed by atoms with van der Waals surface area (Å²) in [6.45, 7) is 6.15. The van der Waals surface area contributed by atoms with Crippen LogP contribution >= 0.6 is 0 Å². The third-order valence-corrected chi connectivity index (χ3v) is 4.41. The second kappa shape index (κ2) is 7.85. The number of fused-ring (bicyclic) bond motifs is 3. The predicted octanol–water partition coefficient (Wildman–Crippen LogP) is 5.91. The van der Waals surface area contributed by atoms with E-state index in [4.69, 9.17) is 4.42 Å². The van der Waals surface area contributed by atoms with Crippen LogP contribution in [0.2, 0.25) is 0 Å². The van der Waals surface area contributed by atoms with Crippen molar-refractivity contribution >= 4 is 27.8 Å². The molecule has 25 heavy (non-hydrogen) atoms. The van der Waals surface area contributed by atoms with Crippen LogP contribution in [0.3, 0.4) is 0 Å². The lowest BCUT2D eigenvalue weighted by Crippen LogP contribution is -2.01. The molecule has 0 spiro atoms. The Bertz CT molecular complexity index is 1030. The molecule has 0 aliphatic carbocycles. The molecule has 0 bridgehead atoms. The SMILES string of the molecule is C=Cc1c(C#CCCCCCC)ccc2c(=O)oc3ccccc3c12. The Morgan fingerprint density at radius 1 is 1.08 bits per heavy atom. The molecule has 1 heterocycles. The van der Waals surface area contributed by atoms with Gasteiger partial charge in [-0.05, 0) is 30.2 Å². The van der Waals surface area contributed by atoms with Crippen LogP contribution in [-0.4, -0.2) is 0 Å². The molecule has 2 nitrogen and oxygen atoms in total. The van der Waals surface area contributed by atoms with Crippen LogP contribution in [0.1, 0.15) is 50.2 Å². The van der Waals surface area contributed by atoms with Gasteiger partial charge in [-0.3, -0.25) is 0 Å². The zero-order valence-corrected chi connectivity index (χ0v) is 14.6. The Balaban J connectivity index is 2.10. The van der Waals surface area contributed by atoms with Gasteiger partial charge in [0.15, 0.2) is 0 Å². The molecule has 0 radical (unpaired) electrons. The Kier molecular flexibility index (Phi) is 5.36. The van der Waals surface area contributed by atoms with Crippen LogP contribution < -0.4 is 5.63 Å². The van der Waals surface area contributed by atoms with Gasteiger partial charge in [0.2, 0.25) is 0 Å². The number of hydrogen-bond acceptors (Lipinski definition) is 2. The van der Waals surface area contributed by atoms with Crippen molar-refractivity contribution in [1.29, 1.82) is 0 Å². The third kappa shape index (κ3) is 3.51. The van der Waals surface area contributed by atoms with E-state index in [1.54, 1.807) is 6.08 Å². The molecule has 0 atom stereocenters. The van der Waals surface area contributed by atoms with Crippen molar-refractivity contribution < 1.29 is 4.42 Å². The molecular formula is C23H22O2. The Hall–Kier alpha value is -2.79. The van der Waals surface area contributed by atoms with E-state index in [9.17, 15) is 4.79 Å². The minimum absolute atomic E-state index is 0.323. The summed E-state index contributed by atoms with van der Waals surface area (Å²) in [6.07, 6.45) is 7.53. The first-order valence-electron chi connectivity index (χ1n) is 8.86. The maximum Gasteiger partial charge on any atom is 0.344 e. The summed E-state index contributed by atoms with van der Waals surface area (Å²) in [5.41, 5.74) is 2.08. The van der Waals surface area contributed by atoms with Gasteiger partial charge >= 0.3 is 5.63 Å². The van der Waals surface area contributed by atoms with Crippen LogP contribution in [0.25, 0.3) is 27.8 Å². The zero-order chi connectivity index (χ0) is 17.6. The van der Waals surface area contributed by atoms with Crippen molar-refractivity contribution in [2.75, 3.05) is 0 Å². The van der Waals surface area contributed by atoms with Crippen LogP contribution in [0.15, 0.2) is 52.2 Å². The summed E-state index contributed by atoms with van der Waals surface area (Å²) in [4.78, 5) is 12.3. The highest BCUT2D eigenvalue weighted by molar-refractivity contribution is 6.09. The summed E-state index contributed by atoms with van der Waals surface area (Å²) in [5.74, 6) is 6.53. The molecule has 0 aliphatic rings. The van der Waals surface area contributed by atoms with Gasteiger partial charge < -0.3 is 4.42 Å². The third-order valence-electron chi connectivity index (χ3n) is 4.41. The van der Waals surface area contributed by atoms with Crippen LogP contribution in [0.4, 0.5) is 0 Å². The van der Waals surface area contributed by atoms with E-state index in [0.717, 1.165) is 34.7 Å². The topological polar surface area (TPSA) is 30.2 Å². The Labute approximate surface area is 148 Å². The van der Waals surface area contributed by atoms with E-state index in [2.05, 4.69) is 25.3 Å². The number of benzene rings is 2. The van der Waals surface area contributed by atoms with Crippen molar-refractivity contribution in [1.82, 2.24) is 0 Å². The first kappa shape index (κ1) is 17.0. The predicted molar refractivity (Wildman–Crippen MR) is 106 cm³/mol. The smallest absolute Gasteiger partial charge is 0.344 e. The Morgan fingerprint density at radius 3 is 2.72 bits per heavy atom. The summed E-state index contributed by atoms with van der Waals surface area (Å²) >= 11 is 0. The first-order chi connectivity index (χ1) is 12.3. The van der Waals surface area contributed by atoms with Gasteiger partial charge in [0.25, 0.3) is 0 Å². The fourth-order valence-electron chi connectivity index (χ4n) is 3.12. The van der Waals surface area contributed by atoms with Gasteiger partial charge in [-0.15, -0.1) is 0 Å². The van der Waals surface area contributed by atoms with Crippen molar-refractivity contribution in [2.45, 2.75) is 39.0 Å². The molecule has 0 N–H and O–H groups in total. The van der Waals surface area contributed by atoms with E-state index in [-0.39, 0.29) is 5.63 Å². The van der Waals surface area contributed by atoms with E-state index in [1.807, 2.05) is 36.4 Å². The van der Waals surface area contributed by atoms with Gasteiger partial charge in [-0.2, -0.15) is 0 Å². The quantitative estimate of drug-likeness (QED) is 0.252. The molecule has 2 aromatic carbocycles. The molecule has 0 amide bonds. The molecule has 0 aliphatic heterocycles. The second-order valence-electron chi connectivity index (χ2n) is 6.15. The molecule has 1 aromatic heterocycles. The lowest BCUT2D eigenvalue weighted by atomic mass is 9.97. The molecule has 3 rings (SSSR count). The van der Waals surface area contributed by atoms with Gasteiger partial charge in [-0.1, -0.05) is 68.9 Å². The van der Waals surface area contributed by atoms with Gasteiger partial charge in [-0.25, -0.2) is 4.79 Å². The summed E-state index contributed by atoms with van der Waals surface area (Å²) in [7, 11) is 0. The highest BCUT2D eigenvalue weighted by Gasteiger charge is 2.12. The molecule has 126 valence electrons. The number of hydrogen-bond donors (Lipinski definition) is 0. The minimum Gasteiger partial charge on any atom is -0.422 e. The van der Waals surface area contributed by atoms with Crippen molar-refractivity contribution in [3.63, 3.8) is 0 Å². The monoisotopic (exact) mass is 330 g/mol. The molecule has 0 unspecified atom stereocenters. The van der Waals surface area contributed by atoms with E-state index in [1.165, 1.54) is 19.3 Å². The molecular weight excluding hydrogens is 308 g/mol. The van der Waals surface area contributed by atoms with Crippen LogP contribution in [0.5, 0.6) is 0 Å². The van der Waals surface area contributed by atoms with Gasteiger partial charge in [0.1, 0.15) is 5.58 Å². The molecule has 0 saturated carbocycles.